The molecule has 0 spiro atoms. The number of carbonyl (C=O) groups is 2. The second-order valence-corrected chi connectivity index (χ2v) is 6.84. The average molecular weight is 337 g/mol. The molecule has 1 atom stereocenters. The van der Waals surface area contributed by atoms with Crippen LogP contribution in [0.3, 0.4) is 0 Å². The summed E-state index contributed by atoms with van der Waals surface area (Å²) < 4.78 is 18.8. The van der Waals surface area contributed by atoms with Crippen molar-refractivity contribution < 1.29 is 18.7 Å². The third-order valence-electron chi connectivity index (χ3n) is 3.54. The van der Waals surface area contributed by atoms with E-state index in [0.717, 1.165) is 12.8 Å². The van der Waals surface area contributed by atoms with Gasteiger partial charge in [-0.25, -0.2) is 14.0 Å². The Morgan fingerprint density at radius 2 is 2.00 bits per heavy atom. The van der Waals surface area contributed by atoms with Gasteiger partial charge in [-0.3, -0.25) is 0 Å². The number of hydrogen-bond donors (Lipinski definition) is 2. The quantitative estimate of drug-likeness (QED) is 0.869. The number of benzene rings is 1. The van der Waals surface area contributed by atoms with Gasteiger partial charge in [-0.05, 0) is 45.7 Å². The summed E-state index contributed by atoms with van der Waals surface area (Å²) in [6.07, 6.45) is 1.03. The smallest absolute Gasteiger partial charge is 0.407 e. The highest BCUT2D eigenvalue weighted by molar-refractivity contribution is 5.89. The van der Waals surface area contributed by atoms with Crippen molar-refractivity contribution in [3.63, 3.8) is 0 Å². The number of ether oxygens (including phenoxy) is 1. The number of para-hydroxylation sites is 1. The second kappa shape index (κ2) is 7.51. The van der Waals surface area contributed by atoms with Crippen molar-refractivity contribution in [1.29, 1.82) is 0 Å². The summed E-state index contributed by atoms with van der Waals surface area (Å²) in [6.45, 7) is 6.30. The Morgan fingerprint density at radius 1 is 1.29 bits per heavy atom. The van der Waals surface area contributed by atoms with Crippen molar-refractivity contribution >= 4 is 17.8 Å². The number of nitrogens with one attached hydrogen (secondary N) is 2. The van der Waals surface area contributed by atoms with Crippen molar-refractivity contribution in [3.8, 4) is 0 Å². The normalized spacial score (nSPS) is 18.0. The number of alkyl carbamates (subject to hydrolysis) is 1. The highest BCUT2D eigenvalue weighted by atomic mass is 19.1. The fourth-order valence-corrected chi connectivity index (χ4v) is 2.51. The number of likely N-dealkylation sites (tertiary alicyclic amines) is 1. The average Bonchev–Trinajstić information content (AvgIpc) is 2.48. The highest BCUT2D eigenvalue weighted by Gasteiger charge is 2.26. The van der Waals surface area contributed by atoms with Crippen LogP contribution < -0.4 is 10.6 Å². The summed E-state index contributed by atoms with van der Waals surface area (Å²) in [5, 5.41) is 5.34. The zero-order valence-corrected chi connectivity index (χ0v) is 14.3. The zero-order chi connectivity index (χ0) is 17.7. The molecular weight excluding hydrogens is 313 g/mol. The number of amides is 3. The highest BCUT2D eigenvalue weighted by Crippen LogP contribution is 2.16. The zero-order valence-electron chi connectivity index (χ0n) is 14.3. The molecule has 1 heterocycles. The molecule has 1 aliphatic rings. The Balaban J connectivity index is 1.89. The van der Waals surface area contributed by atoms with Gasteiger partial charge in [0.25, 0.3) is 0 Å². The van der Waals surface area contributed by atoms with E-state index in [1.165, 1.54) is 12.1 Å². The Labute approximate surface area is 141 Å². The molecule has 6 nitrogen and oxygen atoms in total. The van der Waals surface area contributed by atoms with Crippen LogP contribution in [0.1, 0.15) is 33.6 Å². The number of rotatable bonds is 2. The molecule has 2 rings (SSSR count). The predicted octanol–water partition coefficient (Wildman–Crippen LogP) is 3.35. The molecule has 1 aliphatic heterocycles. The lowest BCUT2D eigenvalue weighted by Gasteiger charge is -2.33. The van der Waals surface area contributed by atoms with E-state index >= 15 is 0 Å². The molecule has 7 heteroatoms. The first-order chi connectivity index (χ1) is 11.2. The number of hydrogen-bond acceptors (Lipinski definition) is 3. The predicted molar refractivity (Wildman–Crippen MR) is 89.4 cm³/mol. The summed E-state index contributed by atoms with van der Waals surface area (Å²) >= 11 is 0. The third-order valence-corrected chi connectivity index (χ3v) is 3.54. The van der Waals surface area contributed by atoms with E-state index in [1.54, 1.807) is 37.8 Å². The maximum absolute atomic E-state index is 13.6. The van der Waals surface area contributed by atoms with Gasteiger partial charge < -0.3 is 20.3 Å². The number of nitrogens with zero attached hydrogens (tertiary/aromatic N) is 1. The van der Waals surface area contributed by atoms with E-state index in [1.807, 2.05) is 0 Å². The van der Waals surface area contributed by atoms with Gasteiger partial charge in [-0.2, -0.15) is 0 Å². The number of piperidine rings is 1. The van der Waals surface area contributed by atoms with Crippen LogP contribution in [0.15, 0.2) is 24.3 Å². The van der Waals surface area contributed by atoms with E-state index in [4.69, 9.17) is 4.74 Å². The van der Waals surface area contributed by atoms with Crippen LogP contribution in [0.2, 0.25) is 0 Å². The molecule has 1 saturated heterocycles. The lowest BCUT2D eigenvalue weighted by atomic mass is 10.1. The van der Waals surface area contributed by atoms with Crippen LogP contribution in [0.4, 0.5) is 19.7 Å². The molecular formula is C17H24FN3O3. The van der Waals surface area contributed by atoms with Gasteiger partial charge in [0.2, 0.25) is 0 Å². The van der Waals surface area contributed by atoms with Crippen LogP contribution in [0.5, 0.6) is 0 Å². The number of anilines is 1. The first kappa shape index (κ1) is 18.0. The maximum atomic E-state index is 13.6. The fourth-order valence-electron chi connectivity index (χ4n) is 2.51. The van der Waals surface area contributed by atoms with E-state index in [9.17, 15) is 14.0 Å². The SMILES string of the molecule is CC(C)(C)OC(=O)N[C@H]1CCCN(C(=O)Nc2ccccc2F)C1. The molecule has 0 bridgehead atoms. The lowest BCUT2D eigenvalue weighted by molar-refractivity contribution is 0.0480. The van der Waals surface area contributed by atoms with Crippen LogP contribution in [0, 0.1) is 5.82 Å². The van der Waals surface area contributed by atoms with Gasteiger partial charge in [-0.15, -0.1) is 0 Å². The summed E-state index contributed by atoms with van der Waals surface area (Å²) in [4.78, 5) is 25.7. The molecule has 0 unspecified atom stereocenters. The topological polar surface area (TPSA) is 70.7 Å². The van der Waals surface area contributed by atoms with Gasteiger partial charge in [-0.1, -0.05) is 12.1 Å². The molecule has 0 aliphatic carbocycles. The number of halogens is 1. The molecule has 132 valence electrons. The fraction of sp³-hybridized carbons (Fsp3) is 0.529. The molecule has 0 aromatic heterocycles. The molecule has 2 N–H and O–H groups in total. The Morgan fingerprint density at radius 3 is 2.67 bits per heavy atom. The summed E-state index contributed by atoms with van der Waals surface area (Å²) in [5.41, 5.74) is -0.426. The number of carbonyl (C=O) groups excluding carboxylic acids is 2. The third kappa shape index (κ3) is 5.40. The van der Waals surface area contributed by atoms with E-state index in [2.05, 4.69) is 10.6 Å². The molecule has 24 heavy (non-hydrogen) atoms. The Bertz CT molecular complexity index is 601. The molecule has 1 aromatic rings. The van der Waals surface area contributed by atoms with E-state index in [0.29, 0.717) is 13.1 Å². The molecule has 1 fully saturated rings. The number of urea groups is 1. The van der Waals surface area contributed by atoms with Gasteiger partial charge in [0.15, 0.2) is 0 Å². The van der Waals surface area contributed by atoms with Gasteiger partial charge in [0.1, 0.15) is 11.4 Å². The first-order valence-corrected chi connectivity index (χ1v) is 8.04. The minimum absolute atomic E-state index is 0.143. The largest absolute Gasteiger partial charge is 0.444 e. The van der Waals surface area contributed by atoms with Gasteiger partial charge in [0, 0.05) is 19.1 Å². The van der Waals surface area contributed by atoms with Crippen LogP contribution in [-0.2, 0) is 4.74 Å². The standard InChI is InChI=1S/C17H24FN3O3/c1-17(2,3)24-16(23)19-12-7-6-10-21(11-12)15(22)20-14-9-5-4-8-13(14)18/h4-5,8-9,12H,6-7,10-11H2,1-3H3,(H,19,23)(H,20,22)/t12-/m0/s1. The Hall–Kier alpha value is -2.31. The van der Waals surface area contributed by atoms with E-state index < -0.39 is 17.5 Å². The van der Waals surface area contributed by atoms with Gasteiger partial charge in [0.05, 0.1) is 5.69 Å². The summed E-state index contributed by atoms with van der Waals surface area (Å²) in [7, 11) is 0. The summed E-state index contributed by atoms with van der Waals surface area (Å²) in [6, 6.07) is 5.46. The van der Waals surface area contributed by atoms with Crippen LogP contribution >= 0.6 is 0 Å². The second-order valence-electron chi connectivity index (χ2n) is 6.84. The minimum atomic E-state index is -0.569. The monoisotopic (exact) mass is 337 g/mol. The Kier molecular flexibility index (Phi) is 5.64. The molecule has 3 amide bonds. The maximum Gasteiger partial charge on any atom is 0.407 e. The minimum Gasteiger partial charge on any atom is -0.444 e. The molecule has 0 radical (unpaired) electrons. The van der Waals surface area contributed by atoms with Crippen molar-refractivity contribution in [2.45, 2.75) is 45.3 Å². The first-order valence-electron chi connectivity index (χ1n) is 8.04. The molecule has 0 saturated carbocycles. The van der Waals surface area contributed by atoms with Gasteiger partial charge >= 0.3 is 12.1 Å². The van der Waals surface area contributed by atoms with Crippen LogP contribution in [0.25, 0.3) is 0 Å². The lowest BCUT2D eigenvalue weighted by Crippen LogP contribution is -2.51. The molecule has 1 aromatic carbocycles. The van der Waals surface area contributed by atoms with E-state index in [-0.39, 0.29) is 17.8 Å². The van der Waals surface area contributed by atoms with Crippen LogP contribution in [-0.4, -0.2) is 41.8 Å². The van der Waals surface area contributed by atoms with Crippen molar-refractivity contribution in [2.24, 2.45) is 0 Å². The van der Waals surface area contributed by atoms with Crippen molar-refractivity contribution in [3.05, 3.63) is 30.1 Å². The summed E-state index contributed by atoms with van der Waals surface area (Å²) in [5.74, 6) is -0.480. The van der Waals surface area contributed by atoms with Crippen molar-refractivity contribution in [1.82, 2.24) is 10.2 Å². The van der Waals surface area contributed by atoms with Crippen molar-refractivity contribution in [2.75, 3.05) is 18.4 Å².